The normalized spacial score (nSPS) is 28.7. The number of carbonyl (C=O) groups is 3. The lowest BCUT2D eigenvalue weighted by Gasteiger charge is -2.42. The third kappa shape index (κ3) is 3.46. The summed E-state index contributed by atoms with van der Waals surface area (Å²) in [5.74, 6) is 0.0595. The minimum absolute atomic E-state index is 0.0142. The SMILES string of the molecule is O=CC(CC1CCCCC1)(NC(=O)c1ccco1)N1CCC2OCC(=O)C21. The third-order valence-electron chi connectivity index (χ3n) is 6.22. The maximum atomic E-state index is 12.7. The third-order valence-corrected chi connectivity index (χ3v) is 6.22. The summed E-state index contributed by atoms with van der Waals surface area (Å²) < 4.78 is 10.8. The van der Waals surface area contributed by atoms with E-state index in [2.05, 4.69) is 5.32 Å². The van der Waals surface area contributed by atoms with E-state index in [1.54, 1.807) is 12.1 Å². The molecule has 27 heavy (non-hydrogen) atoms. The zero-order chi connectivity index (χ0) is 18.9. The molecule has 0 spiro atoms. The van der Waals surface area contributed by atoms with Crippen molar-refractivity contribution in [3.8, 4) is 0 Å². The number of carbonyl (C=O) groups excluding carboxylic acids is 3. The number of ketones is 1. The zero-order valence-corrected chi connectivity index (χ0v) is 15.4. The van der Waals surface area contributed by atoms with Gasteiger partial charge < -0.3 is 14.5 Å². The standard InChI is InChI=1S/C20H26N2O5/c23-13-20(11-14-5-2-1-3-6-14,21-19(25)17-7-4-10-26-17)22-9-8-16-18(22)15(24)12-27-16/h4,7,10,13-14,16,18H,1-3,5-6,8-9,11-12H2,(H,21,25). The van der Waals surface area contributed by atoms with Crippen molar-refractivity contribution in [2.24, 2.45) is 5.92 Å². The van der Waals surface area contributed by atoms with E-state index in [1.165, 1.54) is 12.7 Å². The van der Waals surface area contributed by atoms with Crippen molar-refractivity contribution in [3.05, 3.63) is 24.2 Å². The molecule has 7 nitrogen and oxygen atoms in total. The summed E-state index contributed by atoms with van der Waals surface area (Å²) in [7, 11) is 0. The highest BCUT2D eigenvalue weighted by molar-refractivity contribution is 5.94. The van der Waals surface area contributed by atoms with Crippen LogP contribution in [0.15, 0.2) is 22.8 Å². The van der Waals surface area contributed by atoms with Crippen LogP contribution in [0.2, 0.25) is 0 Å². The molecule has 2 aliphatic heterocycles. The van der Waals surface area contributed by atoms with Crippen LogP contribution in [0.4, 0.5) is 0 Å². The summed E-state index contributed by atoms with van der Waals surface area (Å²) in [5, 5.41) is 2.92. The second-order valence-corrected chi connectivity index (χ2v) is 7.92. The fourth-order valence-electron chi connectivity index (χ4n) is 4.92. The lowest BCUT2D eigenvalue weighted by molar-refractivity contribution is -0.129. The molecule has 1 aromatic rings. The fourth-order valence-corrected chi connectivity index (χ4v) is 4.92. The van der Waals surface area contributed by atoms with E-state index < -0.39 is 17.6 Å². The highest BCUT2D eigenvalue weighted by atomic mass is 16.5. The van der Waals surface area contributed by atoms with Gasteiger partial charge in [0.2, 0.25) is 0 Å². The van der Waals surface area contributed by atoms with Crippen LogP contribution in [-0.2, 0) is 14.3 Å². The molecule has 0 aromatic carbocycles. The second-order valence-electron chi connectivity index (χ2n) is 7.92. The number of furan rings is 1. The Balaban J connectivity index is 1.63. The summed E-state index contributed by atoms with van der Waals surface area (Å²) in [4.78, 5) is 39.5. The molecule has 2 saturated heterocycles. The summed E-state index contributed by atoms with van der Waals surface area (Å²) in [6.07, 6.45) is 8.83. The monoisotopic (exact) mass is 374 g/mol. The van der Waals surface area contributed by atoms with Crippen molar-refractivity contribution in [2.75, 3.05) is 13.2 Å². The second kappa shape index (κ2) is 7.56. The van der Waals surface area contributed by atoms with E-state index in [4.69, 9.17) is 9.15 Å². The largest absolute Gasteiger partial charge is 0.459 e. The maximum absolute atomic E-state index is 12.7. The van der Waals surface area contributed by atoms with Crippen molar-refractivity contribution in [1.82, 2.24) is 10.2 Å². The van der Waals surface area contributed by atoms with Crippen LogP contribution < -0.4 is 5.32 Å². The Morgan fingerprint density at radius 3 is 2.81 bits per heavy atom. The number of nitrogens with zero attached hydrogens (tertiary/aromatic N) is 1. The molecule has 3 aliphatic rings. The summed E-state index contributed by atoms with van der Waals surface area (Å²) in [6.45, 7) is 0.626. The van der Waals surface area contributed by atoms with Gasteiger partial charge in [0, 0.05) is 6.54 Å². The van der Waals surface area contributed by atoms with Gasteiger partial charge in [0.05, 0.1) is 18.4 Å². The van der Waals surface area contributed by atoms with E-state index >= 15 is 0 Å². The summed E-state index contributed by atoms with van der Waals surface area (Å²) >= 11 is 0. The summed E-state index contributed by atoms with van der Waals surface area (Å²) in [6, 6.07) is 2.75. The molecule has 1 saturated carbocycles. The molecule has 0 radical (unpaired) electrons. The smallest absolute Gasteiger partial charge is 0.288 e. The van der Waals surface area contributed by atoms with Gasteiger partial charge >= 0.3 is 0 Å². The van der Waals surface area contributed by atoms with E-state index in [9.17, 15) is 14.4 Å². The lowest BCUT2D eigenvalue weighted by Crippen LogP contribution is -2.65. The fraction of sp³-hybridized carbons (Fsp3) is 0.650. The Hall–Kier alpha value is -1.99. The van der Waals surface area contributed by atoms with Gasteiger partial charge in [0.1, 0.15) is 6.61 Å². The number of ether oxygens (including phenoxy) is 1. The van der Waals surface area contributed by atoms with Crippen LogP contribution >= 0.6 is 0 Å². The molecule has 146 valence electrons. The molecule has 0 bridgehead atoms. The first-order valence-corrected chi connectivity index (χ1v) is 9.86. The molecule has 3 fully saturated rings. The van der Waals surface area contributed by atoms with Crippen molar-refractivity contribution in [1.29, 1.82) is 0 Å². The van der Waals surface area contributed by atoms with Crippen LogP contribution in [-0.4, -0.2) is 53.8 Å². The molecule has 3 atom stereocenters. The van der Waals surface area contributed by atoms with Gasteiger partial charge in [-0.1, -0.05) is 32.1 Å². The number of fused-ring (bicyclic) bond motifs is 1. The van der Waals surface area contributed by atoms with Gasteiger partial charge in [-0.25, -0.2) is 0 Å². The number of aldehydes is 1. The lowest BCUT2D eigenvalue weighted by atomic mass is 9.82. The number of rotatable bonds is 6. The highest BCUT2D eigenvalue weighted by Crippen LogP contribution is 2.37. The quantitative estimate of drug-likeness (QED) is 0.766. The molecule has 3 heterocycles. The molecule has 1 N–H and O–H groups in total. The zero-order valence-electron chi connectivity index (χ0n) is 15.4. The van der Waals surface area contributed by atoms with Gasteiger partial charge in [-0.15, -0.1) is 0 Å². The van der Waals surface area contributed by atoms with E-state index in [0.29, 0.717) is 25.3 Å². The van der Waals surface area contributed by atoms with E-state index in [0.717, 1.165) is 32.0 Å². The molecule has 1 aromatic heterocycles. The number of hydrogen-bond acceptors (Lipinski definition) is 6. The minimum Gasteiger partial charge on any atom is -0.459 e. The van der Waals surface area contributed by atoms with Crippen molar-refractivity contribution in [2.45, 2.75) is 62.8 Å². The van der Waals surface area contributed by atoms with E-state index in [1.807, 2.05) is 4.90 Å². The highest BCUT2D eigenvalue weighted by Gasteiger charge is 2.54. The molecule has 7 heteroatoms. The number of likely N-dealkylation sites (tertiary alicyclic amines) is 1. The van der Waals surface area contributed by atoms with Crippen LogP contribution in [0.5, 0.6) is 0 Å². The minimum atomic E-state index is -1.21. The van der Waals surface area contributed by atoms with Gasteiger partial charge in [-0.05, 0) is 30.9 Å². The number of hydrogen-bond donors (Lipinski definition) is 1. The number of Topliss-reactive ketones (excluding diaryl/α,β-unsaturated/α-hetero) is 1. The first kappa shape index (κ1) is 18.4. The van der Waals surface area contributed by atoms with Gasteiger partial charge in [0.25, 0.3) is 5.91 Å². The van der Waals surface area contributed by atoms with Crippen LogP contribution in [0.25, 0.3) is 0 Å². The first-order chi connectivity index (χ1) is 13.1. The predicted octanol–water partition coefficient (Wildman–Crippen LogP) is 1.92. The van der Waals surface area contributed by atoms with Crippen LogP contribution in [0.1, 0.15) is 55.5 Å². The van der Waals surface area contributed by atoms with Gasteiger partial charge in [-0.3, -0.25) is 19.3 Å². The molecular formula is C20H26N2O5. The topological polar surface area (TPSA) is 88.8 Å². The molecule has 4 rings (SSSR count). The Morgan fingerprint density at radius 2 is 2.11 bits per heavy atom. The van der Waals surface area contributed by atoms with Gasteiger partial charge in [-0.2, -0.15) is 0 Å². The predicted molar refractivity (Wildman–Crippen MR) is 96.0 cm³/mol. The summed E-state index contributed by atoms with van der Waals surface area (Å²) in [5.41, 5.74) is -1.21. The Morgan fingerprint density at radius 1 is 1.30 bits per heavy atom. The average Bonchev–Trinajstić information content (AvgIpc) is 3.42. The van der Waals surface area contributed by atoms with Crippen molar-refractivity contribution < 1.29 is 23.5 Å². The Bertz CT molecular complexity index is 697. The maximum Gasteiger partial charge on any atom is 0.288 e. The van der Waals surface area contributed by atoms with Crippen LogP contribution in [0.3, 0.4) is 0 Å². The molecule has 1 aliphatic carbocycles. The number of amides is 1. The van der Waals surface area contributed by atoms with Crippen molar-refractivity contribution >= 4 is 18.0 Å². The molecular weight excluding hydrogens is 348 g/mol. The number of nitrogens with one attached hydrogen (secondary N) is 1. The molecule has 3 unspecified atom stereocenters. The Kier molecular flexibility index (Phi) is 5.14. The average molecular weight is 374 g/mol. The van der Waals surface area contributed by atoms with Gasteiger partial charge in [0.15, 0.2) is 23.5 Å². The van der Waals surface area contributed by atoms with Crippen LogP contribution in [0, 0.1) is 5.92 Å². The Labute approximate surface area is 158 Å². The molecule has 1 amide bonds. The first-order valence-electron chi connectivity index (χ1n) is 9.86. The van der Waals surface area contributed by atoms with Crippen molar-refractivity contribution in [3.63, 3.8) is 0 Å². The van der Waals surface area contributed by atoms with E-state index in [-0.39, 0.29) is 24.3 Å².